The predicted octanol–water partition coefficient (Wildman–Crippen LogP) is 3.34. The molecule has 2 aromatic heterocycles. The maximum atomic E-state index is 11.6. The summed E-state index contributed by atoms with van der Waals surface area (Å²) in [5.41, 5.74) is -0.989. The summed E-state index contributed by atoms with van der Waals surface area (Å²) in [7, 11) is 0. The molecule has 1 unspecified atom stereocenters. The van der Waals surface area contributed by atoms with Crippen LogP contribution >= 0.6 is 22.9 Å². The number of aliphatic carboxylic acids is 1. The van der Waals surface area contributed by atoms with Crippen LogP contribution in [0.3, 0.4) is 0 Å². The van der Waals surface area contributed by atoms with Gasteiger partial charge in [-0.05, 0) is 38.8 Å². The van der Waals surface area contributed by atoms with E-state index in [1.54, 1.807) is 23.9 Å². The van der Waals surface area contributed by atoms with Crippen molar-refractivity contribution in [3.63, 3.8) is 0 Å². The number of hydrogen-bond donors (Lipinski definition) is 1. The number of hydrogen-bond acceptors (Lipinski definition) is 3. The number of carboxylic acid groups (broad SMARTS) is 1. The third-order valence-electron chi connectivity index (χ3n) is 3.31. The number of halogens is 1. The molecule has 1 atom stereocenters. The molecule has 6 heteroatoms. The second kappa shape index (κ2) is 5.35. The van der Waals surface area contributed by atoms with Crippen molar-refractivity contribution >= 4 is 28.9 Å². The average Bonchev–Trinajstić information content (AvgIpc) is 2.95. The van der Waals surface area contributed by atoms with Gasteiger partial charge in [0.25, 0.3) is 0 Å². The summed E-state index contributed by atoms with van der Waals surface area (Å²) in [6.07, 6.45) is 4.51. The number of nitrogens with zero attached hydrogens (tertiary/aromatic N) is 2. The first-order chi connectivity index (χ1) is 8.93. The molecule has 19 heavy (non-hydrogen) atoms. The molecule has 102 valence electrons. The Balaban J connectivity index is 2.21. The third-order valence-corrected chi connectivity index (χ3v) is 4.60. The zero-order valence-corrected chi connectivity index (χ0v) is 12.3. The zero-order chi connectivity index (χ0) is 14.0. The lowest BCUT2D eigenvalue weighted by atomic mass is 9.95. The van der Waals surface area contributed by atoms with E-state index >= 15 is 0 Å². The highest BCUT2D eigenvalue weighted by molar-refractivity contribution is 7.16. The minimum Gasteiger partial charge on any atom is -0.479 e. The van der Waals surface area contributed by atoms with Gasteiger partial charge in [0, 0.05) is 17.3 Å². The first-order valence-corrected chi connectivity index (χ1v) is 7.11. The van der Waals surface area contributed by atoms with Gasteiger partial charge in [-0.1, -0.05) is 11.6 Å². The van der Waals surface area contributed by atoms with Crippen molar-refractivity contribution in [2.24, 2.45) is 0 Å². The van der Waals surface area contributed by atoms with Gasteiger partial charge in [0.2, 0.25) is 0 Å². The van der Waals surface area contributed by atoms with Crippen LogP contribution in [0.1, 0.15) is 24.0 Å². The zero-order valence-electron chi connectivity index (χ0n) is 10.8. The summed E-state index contributed by atoms with van der Waals surface area (Å²) in [6, 6.07) is 3.78. The summed E-state index contributed by atoms with van der Waals surface area (Å²) in [4.78, 5) is 16.8. The molecule has 0 fully saturated rings. The molecule has 0 saturated carbocycles. The molecule has 1 N–H and O–H groups in total. The molecule has 2 rings (SSSR count). The van der Waals surface area contributed by atoms with Gasteiger partial charge in [-0.15, -0.1) is 11.3 Å². The molecule has 0 aliphatic carbocycles. The van der Waals surface area contributed by atoms with E-state index in [9.17, 15) is 9.90 Å². The molecule has 4 nitrogen and oxygen atoms in total. The Morgan fingerprint density at radius 2 is 2.32 bits per heavy atom. The Bertz CT molecular complexity index is 593. The van der Waals surface area contributed by atoms with E-state index in [1.807, 2.05) is 19.1 Å². The fourth-order valence-electron chi connectivity index (χ4n) is 2.08. The summed E-state index contributed by atoms with van der Waals surface area (Å²) in [5.74, 6) is -0.148. The molecule has 0 amide bonds. The van der Waals surface area contributed by atoms with Gasteiger partial charge in [0.15, 0.2) is 0 Å². The van der Waals surface area contributed by atoms with E-state index in [2.05, 4.69) is 4.98 Å². The molecule has 0 spiro atoms. The SMILES string of the molecule is Cc1nccn1C(C)(CCc1ccc(Cl)s1)C(=O)O. The van der Waals surface area contributed by atoms with Gasteiger partial charge in [0.1, 0.15) is 11.4 Å². The number of aryl methyl sites for hydroxylation is 2. The van der Waals surface area contributed by atoms with E-state index in [1.165, 1.54) is 11.3 Å². The lowest BCUT2D eigenvalue weighted by molar-refractivity contribution is -0.147. The van der Waals surface area contributed by atoms with E-state index in [4.69, 9.17) is 11.6 Å². The molecular formula is C13H15ClN2O2S. The smallest absolute Gasteiger partial charge is 0.329 e. The number of rotatable bonds is 5. The van der Waals surface area contributed by atoms with Crippen LogP contribution in [-0.2, 0) is 16.8 Å². The van der Waals surface area contributed by atoms with Gasteiger partial charge in [-0.2, -0.15) is 0 Å². The Morgan fingerprint density at radius 1 is 1.58 bits per heavy atom. The average molecular weight is 299 g/mol. The van der Waals surface area contributed by atoms with Crippen molar-refractivity contribution in [3.05, 3.63) is 39.6 Å². The van der Waals surface area contributed by atoms with E-state index in [-0.39, 0.29) is 0 Å². The van der Waals surface area contributed by atoms with Gasteiger partial charge >= 0.3 is 5.97 Å². The van der Waals surface area contributed by atoms with Crippen molar-refractivity contribution in [1.82, 2.24) is 9.55 Å². The third kappa shape index (κ3) is 2.82. The topological polar surface area (TPSA) is 55.1 Å². The molecule has 2 heterocycles. The highest BCUT2D eigenvalue weighted by Gasteiger charge is 2.35. The van der Waals surface area contributed by atoms with Crippen LogP contribution in [0.15, 0.2) is 24.5 Å². The highest BCUT2D eigenvalue weighted by atomic mass is 35.5. The van der Waals surface area contributed by atoms with Gasteiger partial charge in [0.05, 0.1) is 4.34 Å². The van der Waals surface area contributed by atoms with Crippen LogP contribution in [0.4, 0.5) is 0 Å². The number of aromatic nitrogens is 2. The fourth-order valence-corrected chi connectivity index (χ4v) is 3.17. The largest absolute Gasteiger partial charge is 0.479 e. The Kier molecular flexibility index (Phi) is 3.96. The maximum absolute atomic E-state index is 11.6. The Morgan fingerprint density at radius 3 is 2.79 bits per heavy atom. The predicted molar refractivity (Wildman–Crippen MR) is 75.9 cm³/mol. The van der Waals surface area contributed by atoms with Crippen molar-refractivity contribution in [1.29, 1.82) is 0 Å². The lowest BCUT2D eigenvalue weighted by Gasteiger charge is -2.27. The molecule has 0 bridgehead atoms. The van der Waals surface area contributed by atoms with E-state index in [0.29, 0.717) is 18.7 Å². The lowest BCUT2D eigenvalue weighted by Crippen LogP contribution is -2.39. The molecule has 2 aromatic rings. The Hall–Kier alpha value is -1.33. The quantitative estimate of drug-likeness (QED) is 0.921. The normalized spacial score (nSPS) is 14.3. The fraction of sp³-hybridized carbons (Fsp3) is 0.385. The molecule has 0 radical (unpaired) electrons. The highest BCUT2D eigenvalue weighted by Crippen LogP contribution is 2.28. The van der Waals surface area contributed by atoms with Crippen molar-refractivity contribution in [3.8, 4) is 0 Å². The van der Waals surface area contributed by atoms with Gasteiger partial charge < -0.3 is 9.67 Å². The maximum Gasteiger partial charge on any atom is 0.329 e. The minimum atomic E-state index is -0.989. The first-order valence-electron chi connectivity index (χ1n) is 5.91. The van der Waals surface area contributed by atoms with Crippen LogP contribution in [0, 0.1) is 6.92 Å². The van der Waals surface area contributed by atoms with E-state index in [0.717, 1.165) is 9.21 Å². The molecule has 0 aliphatic heterocycles. The Labute approximate surface area is 120 Å². The molecular weight excluding hydrogens is 284 g/mol. The molecule has 0 aromatic carbocycles. The second-order valence-corrected chi connectivity index (χ2v) is 6.43. The van der Waals surface area contributed by atoms with Crippen LogP contribution in [0.5, 0.6) is 0 Å². The number of imidazole rings is 1. The van der Waals surface area contributed by atoms with E-state index < -0.39 is 11.5 Å². The minimum absolute atomic E-state index is 0.496. The molecule has 0 saturated heterocycles. The van der Waals surface area contributed by atoms with Crippen molar-refractivity contribution in [2.45, 2.75) is 32.2 Å². The first kappa shape index (κ1) is 14.1. The second-order valence-electron chi connectivity index (χ2n) is 4.63. The molecule has 0 aliphatic rings. The van der Waals surface area contributed by atoms with Gasteiger partial charge in [-0.3, -0.25) is 0 Å². The number of thiophene rings is 1. The summed E-state index contributed by atoms with van der Waals surface area (Å²) < 4.78 is 2.44. The van der Waals surface area contributed by atoms with Crippen LogP contribution in [0.25, 0.3) is 0 Å². The van der Waals surface area contributed by atoms with Crippen molar-refractivity contribution in [2.75, 3.05) is 0 Å². The summed E-state index contributed by atoms with van der Waals surface area (Å²) >= 11 is 7.37. The van der Waals surface area contributed by atoms with Crippen LogP contribution in [0.2, 0.25) is 4.34 Å². The number of carbonyl (C=O) groups is 1. The van der Waals surface area contributed by atoms with Crippen molar-refractivity contribution < 1.29 is 9.90 Å². The number of carboxylic acids is 1. The summed E-state index contributed by atoms with van der Waals surface area (Å²) in [5, 5.41) is 9.54. The summed E-state index contributed by atoms with van der Waals surface area (Å²) in [6.45, 7) is 3.53. The van der Waals surface area contributed by atoms with Crippen LogP contribution < -0.4 is 0 Å². The van der Waals surface area contributed by atoms with Gasteiger partial charge in [-0.25, -0.2) is 9.78 Å². The standard InChI is InChI=1S/C13H15ClN2O2S/c1-9-15-7-8-16(9)13(2,12(17)18)6-5-10-3-4-11(14)19-10/h3-4,7-8H,5-6H2,1-2H3,(H,17,18). The van der Waals surface area contributed by atoms with Crippen LogP contribution in [-0.4, -0.2) is 20.6 Å². The monoisotopic (exact) mass is 298 g/mol.